The van der Waals surface area contributed by atoms with E-state index in [2.05, 4.69) is 19.2 Å². The van der Waals surface area contributed by atoms with E-state index in [0.29, 0.717) is 23.2 Å². The number of halogens is 1. The molecule has 0 fully saturated rings. The van der Waals surface area contributed by atoms with Crippen LogP contribution in [0.5, 0.6) is 0 Å². The Morgan fingerprint density at radius 1 is 1.07 bits per heavy atom. The van der Waals surface area contributed by atoms with Gasteiger partial charge in [-0.3, -0.25) is 4.79 Å². The predicted molar refractivity (Wildman–Crippen MR) is 114 cm³/mol. The molecule has 5 nitrogen and oxygen atoms in total. The highest BCUT2D eigenvalue weighted by Gasteiger charge is 2.41. The minimum atomic E-state index is -0.278. The Morgan fingerprint density at radius 2 is 1.79 bits per heavy atom. The number of nitrogens with zero attached hydrogens (tertiary/aromatic N) is 3. The van der Waals surface area contributed by atoms with Gasteiger partial charge in [0.1, 0.15) is 6.04 Å². The predicted octanol–water partition coefficient (Wildman–Crippen LogP) is 5.26. The highest BCUT2D eigenvalue weighted by Crippen LogP contribution is 2.45. The van der Waals surface area contributed by atoms with Crippen LogP contribution in [0.25, 0.3) is 11.4 Å². The lowest BCUT2D eigenvalue weighted by Crippen LogP contribution is -2.36. The van der Waals surface area contributed by atoms with E-state index < -0.39 is 0 Å². The summed E-state index contributed by atoms with van der Waals surface area (Å²) in [5.74, 6) is 1.44. The normalized spacial score (nSPS) is 20.1. The van der Waals surface area contributed by atoms with Crippen molar-refractivity contribution in [2.45, 2.75) is 32.7 Å². The molecule has 1 aliphatic heterocycles. The summed E-state index contributed by atoms with van der Waals surface area (Å²) >= 11 is 6.03. The average molecular weight is 405 g/mol. The second-order valence-corrected chi connectivity index (χ2v) is 8.92. The van der Waals surface area contributed by atoms with Crippen LogP contribution in [0.4, 0.5) is 5.95 Å². The van der Waals surface area contributed by atoms with Crippen molar-refractivity contribution in [3.8, 4) is 11.4 Å². The van der Waals surface area contributed by atoms with Gasteiger partial charge in [-0.05, 0) is 41.7 Å². The van der Waals surface area contributed by atoms with Crippen LogP contribution in [0.3, 0.4) is 0 Å². The molecule has 6 heteroatoms. The zero-order valence-electron chi connectivity index (χ0n) is 16.3. The number of hydrogen-bond acceptors (Lipinski definition) is 4. The van der Waals surface area contributed by atoms with Crippen LogP contribution in [-0.2, 0) is 4.79 Å². The van der Waals surface area contributed by atoms with E-state index >= 15 is 0 Å². The first-order valence-electron chi connectivity index (χ1n) is 9.72. The van der Waals surface area contributed by atoms with Gasteiger partial charge in [0.05, 0.1) is 0 Å². The summed E-state index contributed by atoms with van der Waals surface area (Å²) in [5, 5.41) is 8.86. The first-order valence-corrected chi connectivity index (χ1v) is 10.1. The average Bonchev–Trinajstić information content (AvgIpc) is 3.10. The molecular formula is C23H21ClN4O. The van der Waals surface area contributed by atoms with Crippen LogP contribution < -0.4 is 5.32 Å². The molecule has 0 saturated carbocycles. The van der Waals surface area contributed by atoms with Gasteiger partial charge < -0.3 is 5.32 Å². The number of aromatic nitrogens is 3. The maximum absolute atomic E-state index is 13.2. The number of nitrogens with one attached hydrogen (secondary N) is 1. The van der Waals surface area contributed by atoms with Crippen molar-refractivity contribution < 1.29 is 4.79 Å². The van der Waals surface area contributed by atoms with Gasteiger partial charge in [0, 0.05) is 28.3 Å². The van der Waals surface area contributed by atoms with Gasteiger partial charge >= 0.3 is 0 Å². The Labute approximate surface area is 174 Å². The Hall–Kier alpha value is -2.92. The largest absolute Gasteiger partial charge is 0.328 e. The SMILES string of the molecule is CC1(C)CC(=O)C2=C(C1)Nc1nc(-c3ccc(Cl)cc3)nn1C2c1ccccc1. The number of anilines is 1. The Bertz CT molecular complexity index is 1130. The van der Waals surface area contributed by atoms with E-state index in [-0.39, 0.29) is 17.2 Å². The minimum absolute atomic E-state index is 0.0780. The second kappa shape index (κ2) is 6.56. The molecule has 146 valence electrons. The zero-order chi connectivity index (χ0) is 20.2. The molecule has 0 amide bonds. The molecule has 1 N–H and O–H groups in total. The highest BCUT2D eigenvalue weighted by atomic mass is 35.5. The fourth-order valence-corrected chi connectivity index (χ4v) is 4.40. The third-order valence-electron chi connectivity index (χ3n) is 5.55. The molecule has 2 aromatic carbocycles. The Kier molecular flexibility index (Phi) is 4.10. The number of carbonyl (C=O) groups excluding carboxylic acids is 1. The second-order valence-electron chi connectivity index (χ2n) is 8.48. The van der Waals surface area contributed by atoms with Crippen molar-refractivity contribution in [1.29, 1.82) is 0 Å². The molecule has 2 aliphatic rings. The molecule has 3 aromatic rings. The summed E-state index contributed by atoms with van der Waals surface area (Å²) in [5.41, 5.74) is 3.60. The number of benzene rings is 2. The smallest absolute Gasteiger partial charge is 0.226 e. The maximum Gasteiger partial charge on any atom is 0.226 e. The van der Waals surface area contributed by atoms with E-state index in [1.165, 1.54) is 0 Å². The van der Waals surface area contributed by atoms with Gasteiger partial charge in [-0.15, -0.1) is 5.10 Å². The van der Waals surface area contributed by atoms with Crippen molar-refractivity contribution >= 4 is 23.3 Å². The molecule has 0 bridgehead atoms. The van der Waals surface area contributed by atoms with Gasteiger partial charge in [-0.1, -0.05) is 55.8 Å². The summed E-state index contributed by atoms with van der Waals surface area (Å²) in [6.07, 6.45) is 1.34. The number of allylic oxidation sites excluding steroid dienone is 2. The molecule has 0 radical (unpaired) electrons. The zero-order valence-corrected chi connectivity index (χ0v) is 17.1. The van der Waals surface area contributed by atoms with Gasteiger partial charge in [0.2, 0.25) is 5.95 Å². The van der Waals surface area contributed by atoms with Gasteiger partial charge in [-0.25, -0.2) is 4.68 Å². The molecule has 1 aromatic heterocycles. The van der Waals surface area contributed by atoms with E-state index in [4.69, 9.17) is 21.7 Å². The molecule has 1 atom stereocenters. The highest BCUT2D eigenvalue weighted by molar-refractivity contribution is 6.30. The maximum atomic E-state index is 13.2. The fourth-order valence-electron chi connectivity index (χ4n) is 4.27. The van der Waals surface area contributed by atoms with Crippen LogP contribution in [0.15, 0.2) is 65.9 Å². The number of Topliss-reactive ketones (excluding diaryl/α,β-unsaturated/α-hetero) is 1. The topological polar surface area (TPSA) is 59.8 Å². The van der Waals surface area contributed by atoms with E-state index in [1.54, 1.807) is 0 Å². The standard InChI is InChI=1S/C23H21ClN4O/c1-23(2)12-17-19(18(29)13-23)20(14-6-4-3-5-7-14)28-22(25-17)26-21(27-28)15-8-10-16(24)11-9-15/h3-11,20H,12-13H2,1-2H3,(H,25,26,27). The summed E-state index contributed by atoms with van der Waals surface area (Å²) in [7, 11) is 0. The van der Waals surface area contributed by atoms with Crippen molar-refractivity contribution in [2.24, 2.45) is 5.41 Å². The van der Waals surface area contributed by atoms with Crippen LogP contribution in [0, 0.1) is 5.41 Å². The summed E-state index contributed by atoms with van der Waals surface area (Å²) < 4.78 is 1.84. The molecule has 2 heterocycles. The first kappa shape index (κ1) is 18.1. The molecule has 0 spiro atoms. The fraction of sp³-hybridized carbons (Fsp3) is 0.261. The quantitative estimate of drug-likeness (QED) is 0.633. The molecule has 1 unspecified atom stereocenters. The van der Waals surface area contributed by atoms with Gasteiger partial charge in [0.15, 0.2) is 11.6 Å². The van der Waals surface area contributed by atoms with Gasteiger partial charge in [-0.2, -0.15) is 4.98 Å². The lowest BCUT2D eigenvalue weighted by atomic mass is 9.73. The van der Waals surface area contributed by atoms with Crippen molar-refractivity contribution in [3.63, 3.8) is 0 Å². The number of ketones is 1. The molecule has 0 saturated heterocycles. The molecular weight excluding hydrogens is 384 g/mol. The molecule has 29 heavy (non-hydrogen) atoms. The number of hydrogen-bond donors (Lipinski definition) is 1. The van der Waals surface area contributed by atoms with Gasteiger partial charge in [0.25, 0.3) is 0 Å². The lowest BCUT2D eigenvalue weighted by Gasteiger charge is -2.38. The first-order chi connectivity index (χ1) is 13.9. The van der Waals surface area contributed by atoms with Crippen molar-refractivity contribution in [1.82, 2.24) is 14.8 Å². The third-order valence-corrected chi connectivity index (χ3v) is 5.80. The number of fused-ring (bicyclic) bond motifs is 1. The number of carbonyl (C=O) groups is 1. The van der Waals surface area contributed by atoms with Crippen LogP contribution in [0.1, 0.15) is 38.3 Å². The van der Waals surface area contributed by atoms with E-state index in [9.17, 15) is 4.79 Å². The molecule has 1 aliphatic carbocycles. The van der Waals surface area contributed by atoms with Crippen molar-refractivity contribution in [3.05, 3.63) is 76.5 Å². The monoisotopic (exact) mass is 404 g/mol. The van der Waals surface area contributed by atoms with Crippen LogP contribution in [-0.4, -0.2) is 20.5 Å². The summed E-state index contributed by atoms with van der Waals surface area (Å²) in [6.45, 7) is 4.26. The van der Waals surface area contributed by atoms with Crippen LogP contribution >= 0.6 is 11.6 Å². The Balaban J connectivity index is 1.67. The lowest BCUT2D eigenvalue weighted by molar-refractivity contribution is -0.118. The van der Waals surface area contributed by atoms with Crippen LogP contribution in [0.2, 0.25) is 5.02 Å². The minimum Gasteiger partial charge on any atom is -0.328 e. The molecule has 5 rings (SSSR count). The summed E-state index contributed by atoms with van der Waals surface area (Å²) in [6, 6.07) is 17.2. The Morgan fingerprint density at radius 3 is 2.52 bits per heavy atom. The van der Waals surface area contributed by atoms with E-state index in [1.807, 2.05) is 59.3 Å². The van der Waals surface area contributed by atoms with Crippen molar-refractivity contribution in [2.75, 3.05) is 5.32 Å². The summed E-state index contributed by atoms with van der Waals surface area (Å²) in [4.78, 5) is 17.9. The van der Waals surface area contributed by atoms with E-state index in [0.717, 1.165) is 28.8 Å². The number of rotatable bonds is 2. The third kappa shape index (κ3) is 3.15.